The van der Waals surface area contributed by atoms with Gasteiger partial charge in [0.05, 0.1) is 0 Å². The van der Waals surface area contributed by atoms with Crippen molar-refractivity contribution in [1.82, 2.24) is 4.98 Å². The predicted molar refractivity (Wildman–Crippen MR) is 78.6 cm³/mol. The van der Waals surface area contributed by atoms with Gasteiger partial charge in [-0.25, -0.2) is 0 Å². The third kappa shape index (κ3) is 5.39. The summed E-state index contributed by atoms with van der Waals surface area (Å²) < 4.78 is 0. The second-order valence-corrected chi connectivity index (χ2v) is 5.41. The molecular formula is C15H25N3O. The van der Waals surface area contributed by atoms with Gasteiger partial charge < -0.3 is 11.5 Å². The molecule has 0 aliphatic rings. The maximum atomic E-state index is 12.0. The summed E-state index contributed by atoms with van der Waals surface area (Å²) in [5, 5.41) is 0. The average molecular weight is 263 g/mol. The largest absolute Gasteiger partial charge is 0.398 e. The Bertz CT molecular complexity index is 404. The molecule has 0 aliphatic heterocycles. The minimum atomic E-state index is 0.224. The molecule has 0 fully saturated rings. The third-order valence-corrected chi connectivity index (χ3v) is 3.60. The predicted octanol–water partition coefficient (Wildman–Crippen LogP) is 2.18. The van der Waals surface area contributed by atoms with E-state index in [1.165, 1.54) is 0 Å². The van der Waals surface area contributed by atoms with Crippen LogP contribution >= 0.6 is 0 Å². The molecule has 1 aromatic heterocycles. The van der Waals surface area contributed by atoms with Gasteiger partial charge in [-0.1, -0.05) is 13.8 Å². The van der Waals surface area contributed by atoms with Crippen molar-refractivity contribution in [3.63, 3.8) is 0 Å². The number of nitrogens with zero attached hydrogens (tertiary/aromatic N) is 1. The fraction of sp³-hybridized carbons (Fsp3) is 0.600. The Balaban J connectivity index is 2.45. The van der Waals surface area contributed by atoms with Gasteiger partial charge in [0.2, 0.25) is 0 Å². The zero-order valence-corrected chi connectivity index (χ0v) is 11.9. The third-order valence-electron chi connectivity index (χ3n) is 3.60. The molecule has 0 spiro atoms. The fourth-order valence-electron chi connectivity index (χ4n) is 2.26. The van der Waals surface area contributed by atoms with Gasteiger partial charge in [0, 0.05) is 36.5 Å². The molecule has 0 aromatic carbocycles. The molecule has 1 unspecified atom stereocenters. The van der Waals surface area contributed by atoms with Crippen LogP contribution in [0.5, 0.6) is 0 Å². The van der Waals surface area contributed by atoms with Crippen molar-refractivity contribution in [2.24, 2.45) is 17.6 Å². The maximum Gasteiger partial charge on any atom is 0.137 e. The topological polar surface area (TPSA) is 82.0 Å². The molecule has 0 amide bonds. The first-order valence-electron chi connectivity index (χ1n) is 6.94. The summed E-state index contributed by atoms with van der Waals surface area (Å²) in [6.07, 6.45) is 6.19. The zero-order chi connectivity index (χ0) is 14.3. The van der Waals surface area contributed by atoms with E-state index in [4.69, 9.17) is 11.5 Å². The van der Waals surface area contributed by atoms with E-state index < -0.39 is 0 Å². The van der Waals surface area contributed by atoms with E-state index in [0.717, 1.165) is 18.4 Å². The van der Waals surface area contributed by atoms with Gasteiger partial charge in [-0.05, 0) is 37.3 Å². The minimum Gasteiger partial charge on any atom is -0.398 e. The molecule has 1 heterocycles. The highest BCUT2D eigenvalue weighted by Crippen LogP contribution is 2.21. The van der Waals surface area contributed by atoms with Crippen molar-refractivity contribution in [3.05, 3.63) is 24.0 Å². The number of aromatic nitrogens is 1. The van der Waals surface area contributed by atoms with E-state index in [0.29, 0.717) is 36.9 Å². The number of hydrogen-bond donors (Lipinski definition) is 2. The Morgan fingerprint density at radius 3 is 2.68 bits per heavy atom. The molecule has 1 rings (SSSR count). The lowest BCUT2D eigenvalue weighted by molar-refractivity contribution is -0.118. The average Bonchev–Trinajstić information content (AvgIpc) is 2.37. The lowest BCUT2D eigenvalue weighted by Crippen LogP contribution is -2.16. The number of pyridine rings is 1. The second-order valence-electron chi connectivity index (χ2n) is 5.41. The molecule has 0 aliphatic carbocycles. The number of nitrogen functional groups attached to an aromatic ring is 1. The van der Waals surface area contributed by atoms with Gasteiger partial charge in [-0.3, -0.25) is 9.78 Å². The smallest absolute Gasteiger partial charge is 0.137 e. The number of ketones is 1. The van der Waals surface area contributed by atoms with E-state index in [2.05, 4.69) is 18.8 Å². The molecular weight excluding hydrogens is 238 g/mol. The van der Waals surface area contributed by atoms with E-state index in [-0.39, 0.29) is 5.78 Å². The maximum absolute atomic E-state index is 12.0. The number of rotatable bonds is 8. The highest BCUT2D eigenvalue weighted by atomic mass is 16.1. The number of carbonyl (C=O) groups excluding carboxylic acids is 1. The molecule has 19 heavy (non-hydrogen) atoms. The van der Waals surface area contributed by atoms with Crippen molar-refractivity contribution in [2.45, 2.75) is 39.5 Å². The first kappa shape index (κ1) is 15.6. The SMILES string of the molecule is CC(C)C(CCN)CCC(=O)Cc1cnccc1N. The monoisotopic (exact) mass is 263 g/mol. The van der Waals surface area contributed by atoms with Gasteiger partial charge in [-0.15, -0.1) is 0 Å². The van der Waals surface area contributed by atoms with Crippen molar-refractivity contribution in [2.75, 3.05) is 12.3 Å². The van der Waals surface area contributed by atoms with Crippen LogP contribution in [-0.2, 0) is 11.2 Å². The van der Waals surface area contributed by atoms with Crippen LogP contribution in [0.1, 0.15) is 38.7 Å². The molecule has 4 nitrogen and oxygen atoms in total. The second kappa shape index (κ2) is 7.89. The molecule has 1 atom stereocenters. The zero-order valence-electron chi connectivity index (χ0n) is 11.9. The molecule has 4 N–H and O–H groups in total. The van der Waals surface area contributed by atoms with Gasteiger partial charge in [0.15, 0.2) is 0 Å². The Labute approximate surface area is 115 Å². The van der Waals surface area contributed by atoms with Crippen LogP contribution in [-0.4, -0.2) is 17.3 Å². The first-order valence-corrected chi connectivity index (χ1v) is 6.94. The van der Waals surface area contributed by atoms with Gasteiger partial charge in [0.1, 0.15) is 5.78 Å². The summed E-state index contributed by atoms with van der Waals surface area (Å²) >= 11 is 0. The quantitative estimate of drug-likeness (QED) is 0.753. The van der Waals surface area contributed by atoms with Crippen LogP contribution < -0.4 is 11.5 Å². The number of hydrogen-bond acceptors (Lipinski definition) is 4. The van der Waals surface area contributed by atoms with E-state index in [9.17, 15) is 4.79 Å². The molecule has 1 aromatic rings. The highest BCUT2D eigenvalue weighted by molar-refractivity contribution is 5.82. The van der Waals surface area contributed by atoms with Crippen molar-refractivity contribution in [3.8, 4) is 0 Å². The van der Waals surface area contributed by atoms with Crippen molar-refractivity contribution < 1.29 is 4.79 Å². The molecule has 0 bridgehead atoms. The Morgan fingerprint density at radius 2 is 2.11 bits per heavy atom. The molecule has 0 saturated carbocycles. The van der Waals surface area contributed by atoms with E-state index >= 15 is 0 Å². The van der Waals surface area contributed by atoms with Gasteiger partial charge in [0.25, 0.3) is 0 Å². The lowest BCUT2D eigenvalue weighted by Gasteiger charge is -2.19. The van der Waals surface area contributed by atoms with Crippen molar-refractivity contribution in [1.29, 1.82) is 0 Å². The summed E-state index contributed by atoms with van der Waals surface area (Å²) in [7, 11) is 0. The van der Waals surface area contributed by atoms with Crippen molar-refractivity contribution >= 4 is 11.5 Å². The fourth-order valence-corrected chi connectivity index (χ4v) is 2.26. The minimum absolute atomic E-state index is 0.224. The number of anilines is 1. The summed E-state index contributed by atoms with van der Waals surface area (Å²) in [6.45, 7) is 5.06. The van der Waals surface area contributed by atoms with Crippen LogP contribution in [0.3, 0.4) is 0 Å². The van der Waals surface area contributed by atoms with Crippen LogP contribution in [0.15, 0.2) is 18.5 Å². The molecule has 4 heteroatoms. The van der Waals surface area contributed by atoms with Gasteiger partial charge in [-0.2, -0.15) is 0 Å². The first-order chi connectivity index (χ1) is 9.04. The Morgan fingerprint density at radius 1 is 1.37 bits per heavy atom. The molecule has 0 radical (unpaired) electrons. The Hall–Kier alpha value is -1.42. The van der Waals surface area contributed by atoms with E-state index in [1.807, 2.05) is 0 Å². The normalized spacial score (nSPS) is 12.6. The summed E-state index contributed by atoms with van der Waals surface area (Å²) in [5.41, 5.74) is 12.9. The number of carbonyl (C=O) groups is 1. The molecule has 0 saturated heterocycles. The van der Waals surface area contributed by atoms with Crippen LogP contribution in [0, 0.1) is 11.8 Å². The molecule has 106 valence electrons. The number of nitrogens with two attached hydrogens (primary N) is 2. The summed E-state index contributed by atoms with van der Waals surface area (Å²) in [6, 6.07) is 1.73. The summed E-state index contributed by atoms with van der Waals surface area (Å²) in [4.78, 5) is 16.0. The standard InChI is InChI=1S/C15H25N3O/c1-11(2)12(5-7-16)3-4-14(19)9-13-10-18-8-6-15(13)17/h6,8,10-12H,3-5,7,9,16H2,1-2H3,(H2,17,18). The van der Waals surface area contributed by atoms with Gasteiger partial charge >= 0.3 is 0 Å². The Kier molecular flexibility index (Phi) is 6.50. The lowest BCUT2D eigenvalue weighted by atomic mass is 9.87. The van der Waals surface area contributed by atoms with Crippen LogP contribution in [0.4, 0.5) is 5.69 Å². The summed E-state index contributed by atoms with van der Waals surface area (Å²) in [5.74, 6) is 1.32. The van der Waals surface area contributed by atoms with E-state index in [1.54, 1.807) is 18.5 Å². The highest BCUT2D eigenvalue weighted by Gasteiger charge is 2.15. The van der Waals surface area contributed by atoms with Crippen LogP contribution in [0.25, 0.3) is 0 Å². The number of Topliss-reactive ketones (excluding diaryl/α,β-unsaturated/α-hetero) is 1. The van der Waals surface area contributed by atoms with Crippen LogP contribution in [0.2, 0.25) is 0 Å².